The van der Waals surface area contributed by atoms with Crippen LogP contribution < -0.4 is 10.1 Å². The van der Waals surface area contributed by atoms with Crippen molar-refractivity contribution in [2.75, 3.05) is 13.2 Å². The van der Waals surface area contributed by atoms with Crippen molar-refractivity contribution < 1.29 is 23.9 Å². The molecule has 0 radical (unpaired) electrons. The molecule has 146 valence electrons. The number of carbonyl (C=O) groups is 3. The summed E-state index contributed by atoms with van der Waals surface area (Å²) >= 11 is 0. The third-order valence-corrected chi connectivity index (χ3v) is 4.43. The molecule has 0 aromatic heterocycles. The van der Waals surface area contributed by atoms with Gasteiger partial charge < -0.3 is 14.8 Å². The quantitative estimate of drug-likeness (QED) is 0.408. The van der Waals surface area contributed by atoms with Crippen LogP contribution >= 0.6 is 0 Å². The van der Waals surface area contributed by atoms with E-state index in [9.17, 15) is 14.4 Å². The molecule has 6 heteroatoms. The zero-order valence-corrected chi connectivity index (χ0v) is 16.0. The molecule has 6 nitrogen and oxygen atoms in total. The number of ketones is 1. The Hall–Kier alpha value is -2.63. The van der Waals surface area contributed by atoms with E-state index in [1.165, 1.54) is 32.3 Å². The molecule has 0 unspecified atom stereocenters. The Labute approximate surface area is 159 Å². The fraction of sp³-hybridized carbons (Fsp3) is 0.476. The fourth-order valence-electron chi connectivity index (χ4n) is 2.83. The van der Waals surface area contributed by atoms with Crippen LogP contribution in [0.2, 0.25) is 0 Å². The maximum Gasteiger partial charge on any atom is 0.344 e. The molecule has 2 rings (SSSR count). The van der Waals surface area contributed by atoms with Crippen LogP contribution in [0.1, 0.15) is 56.3 Å². The maximum absolute atomic E-state index is 12.0. The summed E-state index contributed by atoms with van der Waals surface area (Å²) in [6.07, 6.45) is 6.89. The summed E-state index contributed by atoms with van der Waals surface area (Å²) in [5.74, 6) is -0.524. The molecule has 1 aromatic carbocycles. The third kappa shape index (κ3) is 7.25. The summed E-state index contributed by atoms with van der Waals surface area (Å²) in [5, 5.41) is 2.80. The molecule has 0 heterocycles. The van der Waals surface area contributed by atoms with Crippen LogP contribution in [0.4, 0.5) is 0 Å². The monoisotopic (exact) mass is 373 g/mol. The summed E-state index contributed by atoms with van der Waals surface area (Å²) in [6, 6.07) is 6.47. The number of ether oxygens (including phenoxy) is 2. The van der Waals surface area contributed by atoms with E-state index in [-0.39, 0.29) is 18.3 Å². The minimum absolute atomic E-state index is 0.0411. The highest BCUT2D eigenvalue weighted by Gasteiger charge is 2.18. The lowest BCUT2D eigenvalue weighted by atomic mass is 9.97. The maximum atomic E-state index is 12.0. The molecule has 27 heavy (non-hydrogen) atoms. The lowest BCUT2D eigenvalue weighted by Gasteiger charge is -2.16. The summed E-state index contributed by atoms with van der Waals surface area (Å²) in [5.41, 5.74) is 1.95. The average molecular weight is 373 g/mol. The number of hydrogen-bond acceptors (Lipinski definition) is 5. The van der Waals surface area contributed by atoms with E-state index >= 15 is 0 Å². The second-order valence-corrected chi connectivity index (χ2v) is 6.65. The van der Waals surface area contributed by atoms with E-state index in [0.29, 0.717) is 17.9 Å². The lowest BCUT2D eigenvalue weighted by Crippen LogP contribution is -2.37. The van der Waals surface area contributed by atoms with Gasteiger partial charge in [0.1, 0.15) is 5.75 Å². The number of Topliss-reactive ketones (excluding diaryl/α,β-unsaturated/α-hetero) is 1. The van der Waals surface area contributed by atoms with Crippen molar-refractivity contribution in [1.29, 1.82) is 0 Å². The molecule has 1 N–H and O–H groups in total. The normalized spacial score (nSPS) is 14.7. The van der Waals surface area contributed by atoms with E-state index in [4.69, 9.17) is 9.47 Å². The number of allylic oxidation sites excluding steroid dienone is 1. The second-order valence-electron chi connectivity index (χ2n) is 6.65. The predicted octanol–water partition coefficient (Wildman–Crippen LogP) is 3.21. The highest BCUT2D eigenvalue weighted by molar-refractivity contribution is 5.94. The van der Waals surface area contributed by atoms with Crippen molar-refractivity contribution in [3.8, 4) is 5.75 Å². The van der Waals surface area contributed by atoms with Crippen molar-refractivity contribution in [3.05, 3.63) is 41.5 Å². The molecule has 0 saturated carbocycles. The minimum Gasteiger partial charge on any atom is -0.482 e. The molecule has 0 aliphatic heterocycles. The van der Waals surface area contributed by atoms with Crippen LogP contribution in [0, 0.1) is 0 Å². The topological polar surface area (TPSA) is 81.7 Å². The smallest absolute Gasteiger partial charge is 0.344 e. The molecular weight excluding hydrogens is 346 g/mol. The first-order valence-corrected chi connectivity index (χ1v) is 9.34. The largest absolute Gasteiger partial charge is 0.482 e. The van der Waals surface area contributed by atoms with Gasteiger partial charge in [0.05, 0.1) is 0 Å². The number of hydrogen-bond donors (Lipinski definition) is 1. The molecule has 0 bridgehead atoms. The van der Waals surface area contributed by atoms with E-state index < -0.39 is 12.1 Å². The Morgan fingerprint density at radius 1 is 1.15 bits per heavy atom. The van der Waals surface area contributed by atoms with Gasteiger partial charge in [0.15, 0.2) is 18.5 Å². The minimum atomic E-state index is -0.874. The van der Waals surface area contributed by atoms with Crippen molar-refractivity contribution >= 4 is 17.7 Å². The van der Waals surface area contributed by atoms with Crippen LogP contribution in [0.5, 0.6) is 5.75 Å². The Balaban J connectivity index is 1.66. The first kappa shape index (κ1) is 20.7. The SMILES string of the molecule is CC(=O)c1ccc(OCC(=O)O[C@H](C)C(=O)NCCC2=CCCCC2)cc1. The van der Waals surface area contributed by atoms with E-state index in [0.717, 1.165) is 19.3 Å². The number of esters is 1. The van der Waals surface area contributed by atoms with Gasteiger partial charge >= 0.3 is 5.97 Å². The first-order valence-electron chi connectivity index (χ1n) is 9.34. The first-order chi connectivity index (χ1) is 13.0. The van der Waals surface area contributed by atoms with Gasteiger partial charge in [-0.1, -0.05) is 11.6 Å². The fourth-order valence-corrected chi connectivity index (χ4v) is 2.83. The zero-order valence-electron chi connectivity index (χ0n) is 16.0. The summed E-state index contributed by atoms with van der Waals surface area (Å²) in [4.78, 5) is 35.1. The van der Waals surface area contributed by atoms with Gasteiger partial charge in [0.2, 0.25) is 0 Å². The van der Waals surface area contributed by atoms with Crippen LogP contribution in [-0.4, -0.2) is 36.9 Å². The molecule has 0 saturated heterocycles. The Kier molecular flexibility index (Phi) is 8.04. The number of benzene rings is 1. The van der Waals surface area contributed by atoms with Crippen LogP contribution in [0.15, 0.2) is 35.9 Å². The Morgan fingerprint density at radius 2 is 1.89 bits per heavy atom. The van der Waals surface area contributed by atoms with Crippen molar-refractivity contribution in [1.82, 2.24) is 5.32 Å². The van der Waals surface area contributed by atoms with Crippen molar-refractivity contribution in [2.45, 2.75) is 52.1 Å². The van der Waals surface area contributed by atoms with Crippen LogP contribution in [-0.2, 0) is 14.3 Å². The van der Waals surface area contributed by atoms with Gasteiger partial charge in [0, 0.05) is 12.1 Å². The van der Waals surface area contributed by atoms with Gasteiger partial charge in [-0.15, -0.1) is 0 Å². The molecule has 0 fully saturated rings. The van der Waals surface area contributed by atoms with Crippen LogP contribution in [0.3, 0.4) is 0 Å². The predicted molar refractivity (Wildman–Crippen MR) is 102 cm³/mol. The van der Waals surface area contributed by atoms with Crippen molar-refractivity contribution in [2.24, 2.45) is 0 Å². The molecule has 1 aliphatic rings. The molecular formula is C21H27NO5. The molecule has 1 amide bonds. The highest BCUT2D eigenvalue weighted by atomic mass is 16.6. The average Bonchev–Trinajstić information content (AvgIpc) is 2.67. The highest BCUT2D eigenvalue weighted by Crippen LogP contribution is 2.19. The number of carbonyl (C=O) groups excluding carboxylic acids is 3. The number of rotatable bonds is 9. The van der Waals surface area contributed by atoms with Gasteiger partial charge in [-0.25, -0.2) is 4.79 Å². The standard InChI is InChI=1S/C21H27NO5/c1-15(23)18-8-10-19(11-9-18)26-14-20(24)27-16(2)21(25)22-13-12-17-6-4-3-5-7-17/h6,8-11,16H,3-5,7,12-14H2,1-2H3,(H,22,25)/t16-/m1/s1. The van der Waals surface area contributed by atoms with E-state index in [1.54, 1.807) is 24.3 Å². The summed E-state index contributed by atoms with van der Waals surface area (Å²) < 4.78 is 10.4. The van der Waals surface area contributed by atoms with Gasteiger partial charge in [-0.3, -0.25) is 9.59 Å². The number of amides is 1. The molecule has 1 atom stereocenters. The van der Waals surface area contributed by atoms with Gasteiger partial charge in [0.25, 0.3) is 5.91 Å². The van der Waals surface area contributed by atoms with Crippen LogP contribution in [0.25, 0.3) is 0 Å². The molecule has 1 aromatic rings. The number of nitrogens with one attached hydrogen (secondary N) is 1. The molecule has 0 spiro atoms. The summed E-state index contributed by atoms with van der Waals surface area (Å²) in [7, 11) is 0. The second kappa shape index (κ2) is 10.5. The lowest BCUT2D eigenvalue weighted by molar-refractivity contribution is -0.156. The zero-order chi connectivity index (χ0) is 19.6. The van der Waals surface area contributed by atoms with Crippen molar-refractivity contribution in [3.63, 3.8) is 0 Å². The molecule has 1 aliphatic carbocycles. The van der Waals surface area contributed by atoms with E-state index in [2.05, 4.69) is 11.4 Å². The Morgan fingerprint density at radius 3 is 2.52 bits per heavy atom. The Bertz CT molecular complexity index is 693. The van der Waals surface area contributed by atoms with Gasteiger partial charge in [-0.05, 0) is 70.2 Å². The van der Waals surface area contributed by atoms with E-state index in [1.807, 2.05) is 0 Å². The third-order valence-electron chi connectivity index (χ3n) is 4.43. The summed E-state index contributed by atoms with van der Waals surface area (Å²) in [6.45, 7) is 3.26. The van der Waals surface area contributed by atoms with Gasteiger partial charge in [-0.2, -0.15) is 0 Å².